The van der Waals surface area contributed by atoms with Gasteiger partial charge in [0, 0.05) is 5.41 Å². The van der Waals surface area contributed by atoms with Crippen LogP contribution < -0.4 is 0 Å². The summed E-state index contributed by atoms with van der Waals surface area (Å²) in [5, 5.41) is 8.19. The van der Waals surface area contributed by atoms with Crippen LogP contribution in [0.25, 0.3) is 0 Å². The molecule has 0 bridgehead atoms. The van der Waals surface area contributed by atoms with Crippen LogP contribution in [-0.4, -0.2) is 41.3 Å². The van der Waals surface area contributed by atoms with Gasteiger partial charge in [0.1, 0.15) is 0 Å². The molecule has 0 unspecified atom stereocenters. The summed E-state index contributed by atoms with van der Waals surface area (Å²) in [5.74, 6) is 1.24. The maximum atomic E-state index is 11.5. The predicted octanol–water partition coefficient (Wildman–Crippen LogP) is 1.75. The first-order valence-corrected chi connectivity index (χ1v) is 7.03. The van der Waals surface area contributed by atoms with Crippen molar-refractivity contribution < 1.29 is 13.9 Å². The summed E-state index contributed by atoms with van der Waals surface area (Å²) in [6.45, 7) is 8.50. The van der Waals surface area contributed by atoms with Gasteiger partial charge in [0.05, 0.1) is 19.6 Å². The second-order valence-corrected chi connectivity index (χ2v) is 6.32. The van der Waals surface area contributed by atoms with E-state index < -0.39 is 0 Å². The number of hydrogen-bond acceptors (Lipinski definition) is 6. The van der Waals surface area contributed by atoms with Crippen molar-refractivity contribution in [1.29, 1.82) is 0 Å². The quantitative estimate of drug-likeness (QED) is 0.786. The molecule has 6 nitrogen and oxygen atoms in total. The van der Waals surface area contributed by atoms with Crippen molar-refractivity contribution in [3.8, 4) is 0 Å². The molecule has 1 aromatic rings. The predicted molar refractivity (Wildman–Crippen MR) is 73.0 cm³/mol. The molecule has 0 amide bonds. The first-order chi connectivity index (χ1) is 9.40. The van der Waals surface area contributed by atoms with Crippen molar-refractivity contribution in [2.24, 2.45) is 5.92 Å². The van der Waals surface area contributed by atoms with Gasteiger partial charge < -0.3 is 9.15 Å². The van der Waals surface area contributed by atoms with Gasteiger partial charge in [-0.1, -0.05) is 20.8 Å². The monoisotopic (exact) mass is 281 g/mol. The van der Waals surface area contributed by atoms with E-state index in [0.29, 0.717) is 18.3 Å². The van der Waals surface area contributed by atoms with Crippen LogP contribution in [0, 0.1) is 5.92 Å². The van der Waals surface area contributed by atoms with E-state index in [0.717, 1.165) is 25.9 Å². The number of esters is 1. The molecule has 2 rings (SSSR count). The molecule has 0 saturated carbocycles. The zero-order valence-corrected chi connectivity index (χ0v) is 12.7. The third-order valence-electron chi connectivity index (χ3n) is 3.59. The molecule has 2 heterocycles. The first kappa shape index (κ1) is 15.0. The molecule has 1 fully saturated rings. The average Bonchev–Trinajstić information content (AvgIpc) is 2.87. The van der Waals surface area contributed by atoms with E-state index in [-0.39, 0.29) is 17.3 Å². The van der Waals surface area contributed by atoms with Crippen LogP contribution in [-0.2, 0) is 21.5 Å². The SMILES string of the molecule is COC(=O)C1CCN(Cc2nnc(C(C)(C)C)o2)CC1. The molecule has 1 aliphatic heterocycles. The Bertz CT molecular complexity index is 456. The average molecular weight is 281 g/mol. The summed E-state index contributed by atoms with van der Waals surface area (Å²) in [7, 11) is 1.45. The normalized spacial score (nSPS) is 18.2. The first-order valence-electron chi connectivity index (χ1n) is 7.03. The summed E-state index contributed by atoms with van der Waals surface area (Å²) in [6.07, 6.45) is 1.65. The van der Waals surface area contributed by atoms with Crippen molar-refractivity contribution in [2.75, 3.05) is 20.2 Å². The molecule has 1 aromatic heterocycles. The molecule has 0 aromatic carbocycles. The van der Waals surface area contributed by atoms with Crippen LogP contribution in [0.3, 0.4) is 0 Å². The van der Waals surface area contributed by atoms with Gasteiger partial charge in [0.15, 0.2) is 0 Å². The van der Waals surface area contributed by atoms with Crippen molar-refractivity contribution in [1.82, 2.24) is 15.1 Å². The van der Waals surface area contributed by atoms with Gasteiger partial charge in [0.25, 0.3) is 0 Å². The third kappa shape index (κ3) is 3.56. The van der Waals surface area contributed by atoms with Gasteiger partial charge in [-0.25, -0.2) is 0 Å². The number of piperidine rings is 1. The Morgan fingerprint density at radius 1 is 1.35 bits per heavy atom. The molecular formula is C14H23N3O3. The zero-order chi connectivity index (χ0) is 14.8. The van der Waals surface area contributed by atoms with Crippen LogP contribution >= 0.6 is 0 Å². The van der Waals surface area contributed by atoms with Crippen LogP contribution in [0.4, 0.5) is 0 Å². The minimum absolute atomic E-state index is 0.0315. The van der Waals surface area contributed by atoms with Crippen LogP contribution in [0.15, 0.2) is 4.42 Å². The molecule has 6 heteroatoms. The molecule has 0 radical (unpaired) electrons. The third-order valence-corrected chi connectivity index (χ3v) is 3.59. The highest BCUT2D eigenvalue weighted by molar-refractivity contribution is 5.72. The lowest BCUT2D eigenvalue weighted by Gasteiger charge is -2.29. The Balaban J connectivity index is 1.87. The highest BCUT2D eigenvalue weighted by Gasteiger charge is 2.27. The number of carbonyl (C=O) groups excluding carboxylic acids is 1. The Kier molecular flexibility index (Phi) is 4.42. The molecule has 20 heavy (non-hydrogen) atoms. The van der Waals surface area contributed by atoms with E-state index in [1.165, 1.54) is 7.11 Å². The second-order valence-electron chi connectivity index (χ2n) is 6.32. The van der Waals surface area contributed by atoms with Crippen LogP contribution in [0.5, 0.6) is 0 Å². The van der Waals surface area contributed by atoms with Crippen molar-refractivity contribution in [3.05, 3.63) is 11.8 Å². The number of methoxy groups -OCH3 is 1. The Hall–Kier alpha value is -1.43. The minimum Gasteiger partial charge on any atom is -0.469 e. The fraction of sp³-hybridized carbons (Fsp3) is 0.786. The second kappa shape index (κ2) is 5.91. The summed E-state index contributed by atoms with van der Waals surface area (Å²) in [6, 6.07) is 0. The van der Waals surface area contributed by atoms with Crippen LogP contribution in [0.2, 0.25) is 0 Å². The van der Waals surface area contributed by atoms with Crippen LogP contribution in [0.1, 0.15) is 45.4 Å². The summed E-state index contributed by atoms with van der Waals surface area (Å²) in [4.78, 5) is 13.7. The molecule has 1 saturated heterocycles. The number of carbonyl (C=O) groups is 1. The lowest BCUT2D eigenvalue weighted by Crippen LogP contribution is -2.36. The van der Waals surface area contributed by atoms with E-state index in [1.54, 1.807) is 0 Å². The van der Waals surface area contributed by atoms with E-state index in [2.05, 4.69) is 15.1 Å². The lowest BCUT2D eigenvalue weighted by atomic mass is 9.97. The Morgan fingerprint density at radius 3 is 2.50 bits per heavy atom. The molecule has 0 aliphatic carbocycles. The summed E-state index contributed by atoms with van der Waals surface area (Å²) >= 11 is 0. The molecule has 0 N–H and O–H groups in total. The maximum absolute atomic E-state index is 11.5. The van der Waals surface area contributed by atoms with Crippen molar-refractivity contribution in [2.45, 2.75) is 45.6 Å². The van der Waals surface area contributed by atoms with E-state index in [9.17, 15) is 4.79 Å². The molecule has 0 spiro atoms. The standard InChI is InChI=1S/C14H23N3O3/c1-14(2,3)13-16-15-11(20-13)9-17-7-5-10(6-8-17)12(18)19-4/h10H,5-9H2,1-4H3. The maximum Gasteiger partial charge on any atom is 0.308 e. The number of nitrogens with zero attached hydrogens (tertiary/aromatic N) is 3. The van der Waals surface area contributed by atoms with Gasteiger partial charge in [-0.2, -0.15) is 0 Å². The van der Waals surface area contributed by atoms with Crippen molar-refractivity contribution in [3.63, 3.8) is 0 Å². The minimum atomic E-state index is -0.122. The Morgan fingerprint density at radius 2 is 2.00 bits per heavy atom. The highest BCUT2D eigenvalue weighted by atomic mass is 16.5. The highest BCUT2D eigenvalue weighted by Crippen LogP contribution is 2.23. The number of ether oxygens (including phenoxy) is 1. The smallest absolute Gasteiger partial charge is 0.308 e. The van der Waals surface area contributed by atoms with Gasteiger partial charge in [0.2, 0.25) is 11.8 Å². The topological polar surface area (TPSA) is 68.5 Å². The zero-order valence-electron chi connectivity index (χ0n) is 12.7. The fourth-order valence-electron chi connectivity index (χ4n) is 2.31. The largest absolute Gasteiger partial charge is 0.469 e. The van der Waals surface area contributed by atoms with Gasteiger partial charge >= 0.3 is 5.97 Å². The summed E-state index contributed by atoms with van der Waals surface area (Å²) in [5.41, 5.74) is -0.122. The molecular weight excluding hydrogens is 258 g/mol. The molecule has 112 valence electrons. The van der Waals surface area contributed by atoms with Gasteiger partial charge in [-0.15, -0.1) is 10.2 Å². The number of rotatable bonds is 3. The number of hydrogen-bond donors (Lipinski definition) is 0. The lowest BCUT2D eigenvalue weighted by molar-refractivity contribution is -0.147. The van der Waals surface area contributed by atoms with Gasteiger partial charge in [-0.3, -0.25) is 9.69 Å². The van der Waals surface area contributed by atoms with E-state index in [4.69, 9.17) is 9.15 Å². The fourth-order valence-corrected chi connectivity index (χ4v) is 2.31. The van der Waals surface area contributed by atoms with E-state index in [1.807, 2.05) is 20.8 Å². The van der Waals surface area contributed by atoms with E-state index >= 15 is 0 Å². The van der Waals surface area contributed by atoms with Gasteiger partial charge in [-0.05, 0) is 25.9 Å². The Labute approximate surface area is 119 Å². The number of aromatic nitrogens is 2. The number of likely N-dealkylation sites (tertiary alicyclic amines) is 1. The van der Waals surface area contributed by atoms with Crippen molar-refractivity contribution >= 4 is 5.97 Å². The molecule has 1 aliphatic rings. The molecule has 0 atom stereocenters. The summed E-state index contributed by atoms with van der Waals surface area (Å²) < 4.78 is 10.5.